The molecular formula is C11H19NO3S. The SMILES string of the molecule is NCC1(CCS(=O)(=O)O)C2CC3CC2C1C3. The van der Waals surface area contributed by atoms with E-state index in [9.17, 15) is 8.42 Å². The van der Waals surface area contributed by atoms with Gasteiger partial charge in [0.05, 0.1) is 5.75 Å². The van der Waals surface area contributed by atoms with Crippen LogP contribution in [-0.2, 0) is 10.1 Å². The number of fused-ring (bicyclic) bond motifs is 1. The summed E-state index contributed by atoms with van der Waals surface area (Å²) in [4.78, 5) is 0. The quantitative estimate of drug-likeness (QED) is 0.721. The van der Waals surface area contributed by atoms with Gasteiger partial charge in [-0.1, -0.05) is 0 Å². The Kier molecular flexibility index (Phi) is 2.20. The maximum atomic E-state index is 10.9. The van der Waals surface area contributed by atoms with E-state index in [1.165, 1.54) is 19.3 Å². The van der Waals surface area contributed by atoms with Gasteiger partial charge in [-0.15, -0.1) is 0 Å². The minimum atomic E-state index is -3.83. The first-order valence-corrected chi connectivity index (χ1v) is 7.72. The van der Waals surface area contributed by atoms with Crippen molar-refractivity contribution in [3.63, 3.8) is 0 Å². The van der Waals surface area contributed by atoms with E-state index in [0.29, 0.717) is 24.8 Å². The van der Waals surface area contributed by atoms with Crippen molar-refractivity contribution in [1.82, 2.24) is 0 Å². The van der Waals surface area contributed by atoms with E-state index in [4.69, 9.17) is 10.3 Å². The van der Waals surface area contributed by atoms with Crippen molar-refractivity contribution in [1.29, 1.82) is 0 Å². The molecule has 0 saturated heterocycles. The molecule has 3 N–H and O–H groups in total. The van der Waals surface area contributed by atoms with Crippen molar-refractivity contribution >= 4 is 10.1 Å². The molecule has 16 heavy (non-hydrogen) atoms. The van der Waals surface area contributed by atoms with E-state index in [2.05, 4.69) is 0 Å². The van der Waals surface area contributed by atoms with Crippen molar-refractivity contribution in [3.05, 3.63) is 0 Å². The van der Waals surface area contributed by atoms with Crippen molar-refractivity contribution in [3.8, 4) is 0 Å². The molecule has 2 unspecified atom stereocenters. The smallest absolute Gasteiger partial charge is 0.264 e. The third kappa shape index (κ3) is 1.31. The van der Waals surface area contributed by atoms with Crippen LogP contribution in [-0.4, -0.2) is 25.3 Å². The standard InChI is InChI=1S/C11H19NO3S/c12-6-11(1-2-16(13,14)15)9-4-7-3-8(9)10(11)5-7/h7-10H,1-6,12H2,(H,13,14,15). The molecule has 2 atom stereocenters. The largest absolute Gasteiger partial charge is 0.330 e. The third-order valence-corrected chi connectivity index (χ3v) is 6.22. The van der Waals surface area contributed by atoms with Crippen molar-refractivity contribution in [2.45, 2.75) is 25.7 Å². The summed E-state index contributed by atoms with van der Waals surface area (Å²) >= 11 is 0. The molecule has 0 aromatic rings. The highest BCUT2D eigenvalue weighted by molar-refractivity contribution is 7.85. The molecule has 0 aromatic carbocycles. The first kappa shape index (κ1) is 11.0. The highest BCUT2D eigenvalue weighted by Crippen LogP contribution is 2.73. The van der Waals surface area contributed by atoms with Crippen LogP contribution >= 0.6 is 0 Å². The lowest BCUT2D eigenvalue weighted by Crippen LogP contribution is -2.59. The molecule has 0 aliphatic heterocycles. The van der Waals surface area contributed by atoms with E-state index >= 15 is 0 Å². The lowest BCUT2D eigenvalue weighted by atomic mass is 9.45. The van der Waals surface area contributed by atoms with Gasteiger partial charge in [-0.05, 0) is 61.3 Å². The molecule has 3 rings (SSSR count). The third-order valence-electron chi connectivity index (χ3n) is 5.50. The van der Waals surface area contributed by atoms with Crippen LogP contribution in [0.1, 0.15) is 25.7 Å². The highest BCUT2D eigenvalue weighted by atomic mass is 32.2. The molecule has 92 valence electrons. The second-order valence-electron chi connectivity index (χ2n) is 5.92. The average molecular weight is 245 g/mol. The molecule has 2 bridgehead atoms. The molecule has 3 fully saturated rings. The Labute approximate surface area is 96.3 Å². The Morgan fingerprint density at radius 3 is 2.25 bits per heavy atom. The Morgan fingerprint density at radius 1 is 1.25 bits per heavy atom. The molecule has 3 aliphatic rings. The van der Waals surface area contributed by atoms with Crippen molar-refractivity contribution < 1.29 is 13.0 Å². The summed E-state index contributed by atoms with van der Waals surface area (Å²) in [5.74, 6) is 2.86. The topological polar surface area (TPSA) is 80.4 Å². The highest BCUT2D eigenvalue weighted by Gasteiger charge is 2.67. The first-order chi connectivity index (χ1) is 7.46. The number of nitrogens with two attached hydrogens (primary N) is 1. The Bertz CT molecular complexity index is 391. The van der Waals surface area contributed by atoms with E-state index in [1.807, 2.05) is 0 Å². The van der Waals surface area contributed by atoms with Crippen LogP contribution in [0.15, 0.2) is 0 Å². The van der Waals surface area contributed by atoms with Crippen LogP contribution < -0.4 is 5.73 Å². The van der Waals surface area contributed by atoms with E-state index in [0.717, 1.165) is 11.8 Å². The number of hydrogen-bond acceptors (Lipinski definition) is 3. The fourth-order valence-corrected chi connectivity index (χ4v) is 5.56. The minimum absolute atomic E-state index is 0.0352. The van der Waals surface area contributed by atoms with Gasteiger partial charge in [0, 0.05) is 0 Å². The zero-order valence-electron chi connectivity index (χ0n) is 9.30. The van der Waals surface area contributed by atoms with Crippen LogP contribution in [0.4, 0.5) is 0 Å². The summed E-state index contributed by atoms with van der Waals surface area (Å²) in [6.07, 6.45) is 4.37. The molecule has 0 amide bonds. The van der Waals surface area contributed by atoms with Crippen LogP contribution in [0.25, 0.3) is 0 Å². The predicted molar refractivity (Wildman–Crippen MR) is 60.3 cm³/mol. The Balaban J connectivity index is 1.76. The van der Waals surface area contributed by atoms with Gasteiger partial charge in [0.1, 0.15) is 0 Å². The summed E-state index contributed by atoms with van der Waals surface area (Å²) < 4.78 is 30.6. The van der Waals surface area contributed by atoms with Gasteiger partial charge in [0.25, 0.3) is 10.1 Å². The summed E-state index contributed by atoms with van der Waals surface area (Å²) in [6, 6.07) is 0. The van der Waals surface area contributed by atoms with Gasteiger partial charge >= 0.3 is 0 Å². The maximum absolute atomic E-state index is 10.9. The van der Waals surface area contributed by atoms with Gasteiger partial charge in [-0.25, -0.2) is 0 Å². The molecule has 4 nitrogen and oxygen atoms in total. The molecule has 0 heterocycles. The Morgan fingerprint density at radius 2 is 1.88 bits per heavy atom. The summed E-state index contributed by atoms with van der Waals surface area (Å²) in [5.41, 5.74) is 5.93. The molecule has 3 aliphatic carbocycles. The van der Waals surface area contributed by atoms with E-state index < -0.39 is 10.1 Å². The maximum Gasteiger partial charge on any atom is 0.264 e. The van der Waals surface area contributed by atoms with Crippen LogP contribution in [0.3, 0.4) is 0 Å². The average Bonchev–Trinajstić information content (AvgIpc) is 2.75. The lowest BCUT2D eigenvalue weighted by Gasteiger charge is -2.61. The number of rotatable bonds is 4. The molecule has 3 saturated carbocycles. The van der Waals surface area contributed by atoms with Gasteiger partial charge < -0.3 is 5.73 Å². The molecule has 0 aromatic heterocycles. The zero-order valence-corrected chi connectivity index (χ0v) is 10.1. The fraction of sp³-hybridized carbons (Fsp3) is 1.00. The van der Waals surface area contributed by atoms with Gasteiger partial charge in [-0.2, -0.15) is 8.42 Å². The second-order valence-corrected chi connectivity index (χ2v) is 7.50. The zero-order chi connectivity index (χ0) is 11.6. The summed E-state index contributed by atoms with van der Waals surface area (Å²) in [6.45, 7) is 0.584. The molecular weight excluding hydrogens is 226 g/mol. The first-order valence-electron chi connectivity index (χ1n) is 6.11. The minimum Gasteiger partial charge on any atom is -0.330 e. The number of hydrogen-bond donors (Lipinski definition) is 2. The summed E-state index contributed by atoms with van der Waals surface area (Å²) in [7, 11) is -3.83. The summed E-state index contributed by atoms with van der Waals surface area (Å²) in [5, 5.41) is 0. The predicted octanol–water partition coefficient (Wildman–Crippen LogP) is 0.885. The van der Waals surface area contributed by atoms with E-state index in [1.54, 1.807) is 0 Å². The fourth-order valence-electron chi connectivity index (χ4n) is 4.92. The normalized spacial score (nSPS) is 49.4. The Hall–Kier alpha value is -0.130. The van der Waals surface area contributed by atoms with Gasteiger partial charge in [0.2, 0.25) is 0 Å². The van der Waals surface area contributed by atoms with Crippen molar-refractivity contribution in [2.75, 3.05) is 12.3 Å². The van der Waals surface area contributed by atoms with E-state index in [-0.39, 0.29) is 11.2 Å². The molecule has 0 radical (unpaired) electrons. The monoisotopic (exact) mass is 245 g/mol. The van der Waals surface area contributed by atoms with Gasteiger partial charge in [0.15, 0.2) is 0 Å². The second kappa shape index (κ2) is 3.21. The molecule has 5 heteroatoms. The van der Waals surface area contributed by atoms with Crippen LogP contribution in [0.2, 0.25) is 0 Å². The van der Waals surface area contributed by atoms with Crippen LogP contribution in [0, 0.1) is 29.1 Å². The molecule has 0 spiro atoms. The lowest BCUT2D eigenvalue weighted by molar-refractivity contribution is -0.114. The van der Waals surface area contributed by atoms with Gasteiger partial charge in [-0.3, -0.25) is 4.55 Å². The van der Waals surface area contributed by atoms with Crippen molar-refractivity contribution in [2.24, 2.45) is 34.8 Å². The van der Waals surface area contributed by atoms with Crippen LogP contribution in [0.5, 0.6) is 0 Å².